The fourth-order valence-electron chi connectivity index (χ4n) is 1.91. The molecule has 0 radical (unpaired) electrons. The second-order valence-corrected chi connectivity index (χ2v) is 5.00. The molecule has 0 bridgehead atoms. The van der Waals surface area contributed by atoms with Gasteiger partial charge >= 0.3 is 12.3 Å². The lowest BCUT2D eigenvalue weighted by Crippen LogP contribution is -2.48. The number of carbonyl (C=O) groups excluding carboxylic acids is 1. The van der Waals surface area contributed by atoms with Gasteiger partial charge in [-0.3, -0.25) is 4.90 Å². The Balaban J connectivity index is 3.03. The summed E-state index contributed by atoms with van der Waals surface area (Å²) in [4.78, 5) is 12.4. The molecule has 118 valence electrons. The third-order valence-corrected chi connectivity index (χ3v) is 3.24. The van der Waals surface area contributed by atoms with E-state index in [1.807, 2.05) is 6.92 Å². The van der Waals surface area contributed by atoms with Crippen molar-refractivity contribution in [1.82, 2.24) is 4.90 Å². The highest BCUT2D eigenvalue weighted by atomic mass is 35.5. The summed E-state index contributed by atoms with van der Waals surface area (Å²) in [6.07, 6.45) is -5.97. The number of carbonyl (C=O) groups is 1. The smallest absolute Gasteiger partial charge is 0.410 e. The van der Waals surface area contributed by atoms with Crippen LogP contribution in [0.5, 0.6) is 0 Å². The molecule has 7 heteroatoms. The Morgan fingerprint density at radius 3 is 2.33 bits per heavy atom. The molecule has 0 saturated heterocycles. The normalized spacial score (nSPS) is 12.9. The lowest BCUT2D eigenvalue weighted by atomic mass is 10.1. The van der Waals surface area contributed by atoms with Gasteiger partial charge in [0.15, 0.2) is 0 Å². The number of halogens is 4. The van der Waals surface area contributed by atoms with Crippen molar-refractivity contribution < 1.29 is 22.7 Å². The quantitative estimate of drug-likeness (QED) is 0.763. The van der Waals surface area contributed by atoms with E-state index in [0.29, 0.717) is 10.5 Å². The summed E-state index contributed by atoms with van der Waals surface area (Å²) < 4.78 is 43.8. The van der Waals surface area contributed by atoms with E-state index < -0.39 is 18.3 Å². The molecule has 1 amide bonds. The second kappa shape index (κ2) is 7.54. The van der Waals surface area contributed by atoms with Crippen molar-refractivity contribution >= 4 is 17.7 Å². The van der Waals surface area contributed by atoms with Gasteiger partial charge in [-0.2, -0.15) is 13.2 Å². The average molecular weight is 324 g/mol. The molecule has 1 atom stereocenters. The summed E-state index contributed by atoms with van der Waals surface area (Å²) in [5.74, 6) is -0.203. The summed E-state index contributed by atoms with van der Waals surface area (Å²) in [5.41, 5.74) is 1.58. The lowest BCUT2D eigenvalue weighted by Gasteiger charge is -2.31. The summed E-state index contributed by atoms with van der Waals surface area (Å²) in [5, 5.41) is 0. The van der Waals surface area contributed by atoms with Crippen molar-refractivity contribution in [2.45, 2.75) is 32.1 Å². The minimum Gasteiger partial charge on any atom is -0.453 e. The molecule has 0 aliphatic heterocycles. The molecule has 21 heavy (non-hydrogen) atoms. The van der Waals surface area contributed by atoms with Crippen LogP contribution in [-0.4, -0.2) is 36.2 Å². The number of aryl methyl sites for hydroxylation is 1. The van der Waals surface area contributed by atoms with Crippen molar-refractivity contribution in [3.8, 4) is 0 Å². The number of ether oxygens (including phenoxy) is 1. The maximum atomic E-state index is 13.1. The maximum Gasteiger partial charge on any atom is 0.410 e. The SMILES string of the molecule is COC(=O)N(Cc1ccc(C)cc1)C(CCCl)C(F)(F)F. The molecule has 3 nitrogen and oxygen atoms in total. The van der Waals surface area contributed by atoms with Crippen LogP contribution in [0.25, 0.3) is 0 Å². The molecule has 0 aliphatic rings. The van der Waals surface area contributed by atoms with Crippen LogP contribution in [0.3, 0.4) is 0 Å². The van der Waals surface area contributed by atoms with Crippen LogP contribution in [0.15, 0.2) is 24.3 Å². The Morgan fingerprint density at radius 2 is 1.90 bits per heavy atom. The van der Waals surface area contributed by atoms with Crippen molar-refractivity contribution in [1.29, 1.82) is 0 Å². The minimum absolute atomic E-state index is 0.186. The first-order chi connectivity index (χ1) is 9.79. The lowest BCUT2D eigenvalue weighted by molar-refractivity contribution is -0.180. The monoisotopic (exact) mass is 323 g/mol. The van der Waals surface area contributed by atoms with Gasteiger partial charge in [0.25, 0.3) is 0 Å². The first-order valence-corrected chi connectivity index (χ1v) is 6.86. The third kappa shape index (κ3) is 5.12. The molecule has 1 aromatic rings. The topological polar surface area (TPSA) is 29.5 Å². The second-order valence-electron chi connectivity index (χ2n) is 4.62. The van der Waals surface area contributed by atoms with E-state index in [1.54, 1.807) is 24.3 Å². The van der Waals surface area contributed by atoms with Crippen molar-refractivity contribution in [2.75, 3.05) is 13.0 Å². The van der Waals surface area contributed by atoms with Crippen LogP contribution in [0.1, 0.15) is 17.5 Å². The van der Waals surface area contributed by atoms with E-state index >= 15 is 0 Å². The molecule has 0 fully saturated rings. The summed E-state index contributed by atoms with van der Waals surface area (Å²) in [6, 6.07) is 4.94. The Kier molecular flexibility index (Phi) is 6.33. The molecular weight excluding hydrogens is 307 g/mol. The minimum atomic E-state index is -4.56. The maximum absolute atomic E-state index is 13.1. The molecule has 1 aromatic carbocycles. The standard InChI is InChI=1S/C14H17ClF3NO2/c1-10-3-5-11(6-4-10)9-19(13(20)21-2)12(7-8-15)14(16,17)18/h3-6,12H,7-9H2,1-2H3. The van der Waals surface area contributed by atoms with Crippen LogP contribution in [0.2, 0.25) is 0 Å². The summed E-state index contributed by atoms with van der Waals surface area (Å²) in [7, 11) is 1.05. The van der Waals surface area contributed by atoms with Gasteiger partial charge in [-0.05, 0) is 18.9 Å². The van der Waals surface area contributed by atoms with Gasteiger partial charge in [0.2, 0.25) is 0 Å². The Labute approximate surface area is 126 Å². The number of alkyl halides is 4. The molecule has 0 N–H and O–H groups in total. The average Bonchev–Trinajstić information content (AvgIpc) is 2.42. The summed E-state index contributed by atoms with van der Waals surface area (Å²) in [6.45, 7) is 1.68. The summed E-state index contributed by atoms with van der Waals surface area (Å²) >= 11 is 5.44. The van der Waals surface area contributed by atoms with Crippen molar-refractivity contribution in [3.63, 3.8) is 0 Å². The first kappa shape index (κ1) is 17.6. The van der Waals surface area contributed by atoms with Gasteiger partial charge in [-0.25, -0.2) is 4.79 Å². The number of amides is 1. The highest BCUT2D eigenvalue weighted by molar-refractivity contribution is 6.17. The van der Waals surface area contributed by atoms with Gasteiger partial charge in [-0.1, -0.05) is 29.8 Å². The van der Waals surface area contributed by atoms with Crippen LogP contribution in [0, 0.1) is 6.92 Å². The number of nitrogens with zero attached hydrogens (tertiary/aromatic N) is 1. The van der Waals surface area contributed by atoms with Crippen LogP contribution in [0.4, 0.5) is 18.0 Å². The molecular formula is C14H17ClF3NO2. The van der Waals surface area contributed by atoms with Crippen LogP contribution in [-0.2, 0) is 11.3 Å². The van der Waals surface area contributed by atoms with E-state index in [9.17, 15) is 18.0 Å². The molecule has 0 aromatic heterocycles. The van der Waals surface area contributed by atoms with Crippen molar-refractivity contribution in [2.24, 2.45) is 0 Å². The zero-order valence-electron chi connectivity index (χ0n) is 11.8. The van der Waals surface area contributed by atoms with E-state index in [-0.39, 0.29) is 18.8 Å². The highest BCUT2D eigenvalue weighted by Crippen LogP contribution is 2.29. The Bertz CT molecular complexity index is 462. The molecule has 0 heterocycles. The van der Waals surface area contributed by atoms with Gasteiger partial charge in [0.05, 0.1) is 7.11 Å². The van der Waals surface area contributed by atoms with Crippen LogP contribution < -0.4 is 0 Å². The Hall–Kier alpha value is -1.43. The van der Waals surface area contributed by atoms with E-state index in [2.05, 4.69) is 4.74 Å². The fourth-order valence-corrected chi connectivity index (χ4v) is 2.12. The molecule has 0 spiro atoms. The highest BCUT2D eigenvalue weighted by Gasteiger charge is 2.45. The van der Waals surface area contributed by atoms with E-state index in [0.717, 1.165) is 12.7 Å². The predicted molar refractivity (Wildman–Crippen MR) is 74.3 cm³/mol. The number of hydrogen-bond donors (Lipinski definition) is 0. The number of benzene rings is 1. The largest absolute Gasteiger partial charge is 0.453 e. The number of hydrogen-bond acceptors (Lipinski definition) is 2. The van der Waals surface area contributed by atoms with Gasteiger partial charge in [-0.15, -0.1) is 11.6 Å². The van der Waals surface area contributed by atoms with E-state index in [1.165, 1.54) is 0 Å². The van der Waals surface area contributed by atoms with Gasteiger partial charge in [0, 0.05) is 12.4 Å². The number of methoxy groups -OCH3 is 1. The zero-order chi connectivity index (χ0) is 16.0. The molecule has 0 saturated carbocycles. The number of rotatable bonds is 5. The fraction of sp³-hybridized carbons (Fsp3) is 0.500. The molecule has 1 unspecified atom stereocenters. The zero-order valence-corrected chi connectivity index (χ0v) is 12.5. The van der Waals surface area contributed by atoms with Gasteiger partial charge < -0.3 is 4.74 Å². The van der Waals surface area contributed by atoms with E-state index in [4.69, 9.17) is 11.6 Å². The van der Waals surface area contributed by atoms with Crippen LogP contribution >= 0.6 is 11.6 Å². The van der Waals surface area contributed by atoms with Crippen molar-refractivity contribution in [3.05, 3.63) is 35.4 Å². The first-order valence-electron chi connectivity index (χ1n) is 6.32. The third-order valence-electron chi connectivity index (χ3n) is 3.02. The predicted octanol–water partition coefficient (Wildman–Crippen LogP) is 4.12. The Morgan fingerprint density at radius 1 is 1.33 bits per heavy atom. The van der Waals surface area contributed by atoms with Gasteiger partial charge in [0.1, 0.15) is 6.04 Å². The molecule has 1 rings (SSSR count). The molecule has 0 aliphatic carbocycles.